The van der Waals surface area contributed by atoms with Crippen LogP contribution in [0.4, 0.5) is 13.2 Å². The Morgan fingerprint density at radius 1 is 1.19 bits per heavy atom. The molecule has 0 unspecified atom stereocenters. The number of aryl methyl sites for hydroxylation is 2. The molecule has 2 heterocycles. The van der Waals surface area contributed by atoms with E-state index in [2.05, 4.69) is 20.4 Å². The van der Waals surface area contributed by atoms with Gasteiger partial charge < -0.3 is 10.2 Å². The quantitative estimate of drug-likeness (QED) is 0.646. The number of hydrogen-bond donors (Lipinski definition) is 1. The molecule has 1 aromatic heterocycles. The molecule has 8 heteroatoms. The zero-order chi connectivity index (χ0) is 19.4. The van der Waals surface area contributed by atoms with Crippen LogP contribution in [-0.2, 0) is 6.18 Å². The highest BCUT2D eigenvalue weighted by Gasteiger charge is 2.30. The smallest absolute Gasteiger partial charge is 0.357 e. The fourth-order valence-electron chi connectivity index (χ4n) is 3.18. The molecule has 144 valence electrons. The third-order valence-electron chi connectivity index (χ3n) is 4.50. The second kappa shape index (κ2) is 8.04. The van der Waals surface area contributed by atoms with E-state index in [9.17, 15) is 13.2 Å². The molecule has 1 saturated heterocycles. The van der Waals surface area contributed by atoms with E-state index in [0.717, 1.165) is 55.0 Å². The summed E-state index contributed by atoms with van der Waals surface area (Å²) in [7, 11) is 0. The van der Waals surface area contributed by atoms with E-state index in [1.165, 1.54) is 18.3 Å². The first-order valence-corrected chi connectivity index (χ1v) is 8.78. The van der Waals surface area contributed by atoms with Crippen LogP contribution in [0, 0.1) is 13.8 Å². The van der Waals surface area contributed by atoms with E-state index < -0.39 is 11.7 Å². The lowest BCUT2D eigenvalue weighted by Crippen LogP contribution is -2.28. The SMILES string of the molecule is Cc1nc(C)c(C=NOc2cccc(C(F)(F)F)c2)c(C2CCNCC2)n1. The number of aromatic nitrogens is 2. The molecule has 0 spiro atoms. The average molecular weight is 378 g/mol. The second-order valence-electron chi connectivity index (χ2n) is 6.53. The van der Waals surface area contributed by atoms with Crippen molar-refractivity contribution in [1.82, 2.24) is 15.3 Å². The van der Waals surface area contributed by atoms with Gasteiger partial charge in [-0.2, -0.15) is 13.2 Å². The summed E-state index contributed by atoms with van der Waals surface area (Å²) in [6, 6.07) is 4.63. The number of alkyl halides is 3. The number of oxime groups is 1. The number of nitrogens with zero attached hydrogens (tertiary/aromatic N) is 3. The van der Waals surface area contributed by atoms with E-state index in [1.54, 1.807) is 0 Å². The van der Waals surface area contributed by atoms with Crippen molar-refractivity contribution in [2.75, 3.05) is 13.1 Å². The summed E-state index contributed by atoms with van der Waals surface area (Å²) in [5.74, 6) is 1.01. The van der Waals surface area contributed by atoms with Gasteiger partial charge in [-0.15, -0.1) is 0 Å². The first-order chi connectivity index (χ1) is 12.8. The Kier molecular flexibility index (Phi) is 5.74. The molecule has 5 nitrogen and oxygen atoms in total. The third kappa shape index (κ3) is 4.82. The Hall–Kier alpha value is -2.48. The Bertz CT molecular complexity index is 830. The Morgan fingerprint density at radius 3 is 2.63 bits per heavy atom. The zero-order valence-corrected chi connectivity index (χ0v) is 15.2. The summed E-state index contributed by atoms with van der Waals surface area (Å²) >= 11 is 0. The van der Waals surface area contributed by atoms with E-state index in [-0.39, 0.29) is 5.75 Å². The van der Waals surface area contributed by atoms with Crippen molar-refractivity contribution >= 4 is 6.21 Å². The molecular weight excluding hydrogens is 357 g/mol. The summed E-state index contributed by atoms with van der Waals surface area (Å²) in [6.45, 7) is 5.55. The average Bonchev–Trinajstić information content (AvgIpc) is 2.63. The van der Waals surface area contributed by atoms with Gasteiger partial charge in [0.25, 0.3) is 0 Å². The largest absolute Gasteiger partial charge is 0.416 e. The maximum atomic E-state index is 12.8. The van der Waals surface area contributed by atoms with Gasteiger partial charge in [-0.05, 0) is 58.0 Å². The molecule has 0 atom stereocenters. The number of rotatable bonds is 4. The molecule has 0 aliphatic carbocycles. The van der Waals surface area contributed by atoms with Crippen LogP contribution in [0.25, 0.3) is 0 Å². The highest BCUT2D eigenvalue weighted by atomic mass is 19.4. The van der Waals surface area contributed by atoms with Gasteiger partial charge in [0.05, 0.1) is 23.2 Å². The van der Waals surface area contributed by atoms with Gasteiger partial charge in [0.1, 0.15) is 5.82 Å². The minimum atomic E-state index is -4.42. The van der Waals surface area contributed by atoms with Gasteiger partial charge in [0, 0.05) is 11.5 Å². The first kappa shape index (κ1) is 19.3. The third-order valence-corrected chi connectivity index (χ3v) is 4.50. The molecule has 27 heavy (non-hydrogen) atoms. The maximum Gasteiger partial charge on any atom is 0.416 e. The molecular formula is C19H21F3N4O. The fraction of sp³-hybridized carbons (Fsp3) is 0.421. The molecule has 1 aliphatic heterocycles. The summed E-state index contributed by atoms with van der Waals surface area (Å²) in [5.41, 5.74) is 1.67. The lowest BCUT2D eigenvalue weighted by atomic mass is 9.91. The van der Waals surface area contributed by atoms with Crippen LogP contribution in [-0.4, -0.2) is 29.3 Å². The molecule has 1 aromatic carbocycles. The summed E-state index contributed by atoms with van der Waals surface area (Å²) in [5, 5.41) is 7.21. The maximum absolute atomic E-state index is 12.8. The highest BCUT2D eigenvalue weighted by molar-refractivity contribution is 5.82. The summed E-state index contributed by atoms with van der Waals surface area (Å²) in [6.07, 6.45) is -1.00. The number of hydrogen-bond acceptors (Lipinski definition) is 5. The van der Waals surface area contributed by atoms with E-state index in [1.807, 2.05) is 13.8 Å². The number of piperidine rings is 1. The van der Waals surface area contributed by atoms with Crippen LogP contribution in [0.2, 0.25) is 0 Å². The number of nitrogens with one attached hydrogen (secondary N) is 1. The van der Waals surface area contributed by atoms with E-state index >= 15 is 0 Å². The van der Waals surface area contributed by atoms with Crippen molar-refractivity contribution in [1.29, 1.82) is 0 Å². The van der Waals surface area contributed by atoms with Crippen molar-refractivity contribution < 1.29 is 18.0 Å². The van der Waals surface area contributed by atoms with Crippen LogP contribution in [0.3, 0.4) is 0 Å². The molecule has 0 bridgehead atoms. The van der Waals surface area contributed by atoms with Crippen molar-refractivity contribution in [3.05, 3.63) is 52.6 Å². The fourth-order valence-corrected chi connectivity index (χ4v) is 3.18. The first-order valence-electron chi connectivity index (χ1n) is 8.78. The minimum Gasteiger partial charge on any atom is -0.357 e. The Balaban J connectivity index is 1.83. The van der Waals surface area contributed by atoms with Crippen LogP contribution in [0.15, 0.2) is 29.4 Å². The second-order valence-corrected chi connectivity index (χ2v) is 6.53. The highest BCUT2D eigenvalue weighted by Crippen LogP contribution is 2.31. The molecule has 2 aromatic rings. The molecule has 1 N–H and O–H groups in total. The van der Waals surface area contributed by atoms with Gasteiger partial charge in [0.15, 0.2) is 5.75 Å². The Morgan fingerprint density at radius 2 is 1.93 bits per heavy atom. The predicted octanol–water partition coefficient (Wildman–Crippen LogP) is 3.99. The van der Waals surface area contributed by atoms with Crippen LogP contribution in [0.1, 0.15) is 47.1 Å². The van der Waals surface area contributed by atoms with Crippen molar-refractivity contribution in [2.45, 2.75) is 38.8 Å². The van der Waals surface area contributed by atoms with Gasteiger partial charge in [0.2, 0.25) is 0 Å². The standard InChI is InChI=1S/C19H21F3N4O/c1-12-17(18(26-13(2)25-12)14-6-8-23-9-7-14)11-24-27-16-5-3-4-15(10-16)19(20,21)22/h3-5,10-11,14,23H,6-9H2,1-2H3. The zero-order valence-electron chi connectivity index (χ0n) is 15.2. The topological polar surface area (TPSA) is 59.4 Å². The van der Waals surface area contributed by atoms with Gasteiger partial charge >= 0.3 is 6.18 Å². The van der Waals surface area contributed by atoms with Crippen molar-refractivity contribution in [3.63, 3.8) is 0 Å². The molecule has 0 saturated carbocycles. The molecule has 0 amide bonds. The van der Waals surface area contributed by atoms with Crippen LogP contribution >= 0.6 is 0 Å². The van der Waals surface area contributed by atoms with Gasteiger partial charge in [-0.25, -0.2) is 9.97 Å². The monoisotopic (exact) mass is 378 g/mol. The van der Waals surface area contributed by atoms with Crippen molar-refractivity contribution in [2.24, 2.45) is 5.16 Å². The predicted molar refractivity (Wildman–Crippen MR) is 96.0 cm³/mol. The van der Waals surface area contributed by atoms with Crippen molar-refractivity contribution in [3.8, 4) is 5.75 Å². The minimum absolute atomic E-state index is 0.0233. The van der Waals surface area contributed by atoms with Crippen LogP contribution < -0.4 is 10.2 Å². The van der Waals surface area contributed by atoms with Gasteiger partial charge in [-0.1, -0.05) is 11.2 Å². The number of benzene rings is 1. The Labute approximate surface area is 155 Å². The lowest BCUT2D eigenvalue weighted by molar-refractivity contribution is -0.137. The van der Waals surface area contributed by atoms with Crippen LogP contribution in [0.5, 0.6) is 5.75 Å². The normalized spacial score (nSPS) is 16.0. The molecule has 0 radical (unpaired) electrons. The lowest BCUT2D eigenvalue weighted by Gasteiger charge is -2.24. The molecule has 3 rings (SSSR count). The molecule has 1 fully saturated rings. The summed E-state index contributed by atoms with van der Waals surface area (Å²) in [4.78, 5) is 14.1. The van der Waals surface area contributed by atoms with Gasteiger partial charge in [-0.3, -0.25) is 0 Å². The van der Waals surface area contributed by atoms with E-state index in [4.69, 9.17) is 4.84 Å². The van der Waals surface area contributed by atoms with E-state index in [0.29, 0.717) is 11.7 Å². The number of halogens is 3. The molecule has 1 aliphatic rings. The summed E-state index contributed by atoms with van der Waals surface area (Å²) < 4.78 is 38.4.